The first-order valence-corrected chi connectivity index (χ1v) is 10.3. The van der Waals surface area contributed by atoms with Gasteiger partial charge in [0.2, 0.25) is 0 Å². The van der Waals surface area contributed by atoms with E-state index >= 15 is 0 Å². The molecule has 27 heavy (non-hydrogen) atoms. The van der Waals surface area contributed by atoms with E-state index in [1.54, 1.807) is 0 Å². The highest BCUT2D eigenvalue weighted by atomic mass is 16.5. The Balaban J connectivity index is 1.47. The Bertz CT molecular complexity index is 779. The molecule has 0 radical (unpaired) electrons. The van der Waals surface area contributed by atoms with Gasteiger partial charge in [0.1, 0.15) is 5.75 Å². The van der Waals surface area contributed by atoms with Gasteiger partial charge in [0, 0.05) is 5.56 Å². The predicted octanol–water partition coefficient (Wildman–Crippen LogP) is 6.53. The zero-order chi connectivity index (χ0) is 18.9. The maximum atomic E-state index is 5.46. The van der Waals surface area contributed by atoms with Crippen LogP contribution in [0.3, 0.4) is 0 Å². The minimum Gasteiger partial charge on any atom is -0.494 e. The van der Waals surface area contributed by atoms with Gasteiger partial charge in [0.15, 0.2) is 0 Å². The monoisotopic (exact) mass is 358 g/mol. The van der Waals surface area contributed by atoms with Crippen LogP contribution >= 0.6 is 0 Å². The van der Waals surface area contributed by atoms with E-state index in [1.165, 1.54) is 36.8 Å². The fourth-order valence-electron chi connectivity index (χ4n) is 3.78. The number of allylic oxidation sites excluding steroid dienone is 2. The zero-order valence-electron chi connectivity index (χ0n) is 16.6. The van der Waals surface area contributed by atoms with Gasteiger partial charge in [0.05, 0.1) is 6.61 Å². The number of rotatable bonds is 5. The Hall–Kier alpha value is -2.46. The van der Waals surface area contributed by atoms with Gasteiger partial charge in [-0.25, -0.2) is 0 Å². The first-order valence-electron chi connectivity index (χ1n) is 10.3. The van der Waals surface area contributed by atoms with Crippen LogP contribution in [0.25, 0.3) is 0 Å². The van der Waals surface area contributed by atoms with Crippen LogP contribution in [0.15, 0.2) is 60.7 Å². The average Bonchev–Trinajstić information content (AvgIpc) is 2.73. The van der Waals surface area contributed by atoms with E-state index in [0.717, 1.165) is 23.7 Å². The van der Waals surface area contributed by atoms with Crippen molar-refractivity contribution < 1.29 is 4.74 Å². The highest BCUT2D eigenvalue weighted by Crippen LogP contribution is 2.36. The summed E-state index contributed by atoms with van der Waals surface area (Å²) in [6, 6.07) is 17.2. The van der Waals surface area contributed by atoms with E-state index in [9.17, 15) is 0 Å². The first kappa shape index (κ1) is 19.3. The SMILES string of the molecule is CCOc1ccc(C#C/C=C/[C@H]2CC[C@H](c3ccc(CC)cc3)CC2)cc1. The zero-order valence-corrected chi connectivity index (χ0v) is 16.6. The van der Waals surface area contributed by atoms with Gasteiger partial charge in [0.25, 0.3) is 0 Å². The largest absolute Gasteiger partial charge is 0.494 e. The molecule has 0 atom stereocenters. The summed E-state index contributed by atoms with van der Waals surface area (Å²) < 4.78 is 5.46. The molecule has 0 aliphatic heterocycles. The van der Waals surface area contributed by atoms with Crippen LogP contribution in [-0.2, 0) is 6.42 Å². The molecule has 0 N–H and O–H groups in total. The number of benzene rings is 2. The molecule has 1 fully saturated rings. The van der Waals surface area contributed by atoms with E-state index in [0.29, 0.717) is 12.5 Å². The summed E-state index contributed by atoms with van der Waals surface area (Å²) in [5.74, 6) is 8.70. The molecule has 0 spiro atoms. The molecule has 1 nitrogen and oxygen atoms in total. The van der Waals surface area contributed by atoms with Crippen LogP contribution in [0.1, 0.15) is 62.1 Å². The van der Waals surface area contributed by atoms with Gasteiger partial charge >= 0.3 is 0 Å². The minimum absolute atomic E-state index is 0.672. The van der Waals surface area contributed by atoms with E-state index in [2.05, 4.69) is 49.1 Å². The van der Waals surface area contributed by atoms with Crippen molar-refractivity contribution in [2.24, 2.45) is 5.92 Å². The Kier molecular flexibility index (Phi) is 7.17. The molecule has 1 aliphatic carbocycles. The molecule has 0 amide bonds. The lowest BCUT2D eigenvalue weighted by Crippen LogP contribution is -2.11. The molecular weight excluding hydrogens is 328 g/mol. The second-order valence-electron chi connectivity index (χ2n) is 7.29. The molecule has 0 saturated heterocycles. The van der Waals surface area contributed by atoms with E-state index in [4.69, 9.17) is 4.74 Å². The summed E-state index contributed by atoms with van der Waals surface area (Å²) >= 11 is 0. The van der Waals surface area contributed by atoms with Crippen molar-refractivity contribution in [2.45, 2.75) is 51.9 Å². The molecular formula is C26H30O. The smallest absolute Gasteiger partial charge is 0.119 e. The number of hydrogen-bond donors (Lipinski definition) is 0. The standard InChI is InChI=1S/C26H30O/c1-3-21-9-15-24(16-10-21)25-17-11-22(12-18-25)7-5-6-8-23-13-19-26(20-14-23)27-4-2/h5,7,9-10,13-16,19-20,22,25H,3-4,11-12,17-18H2,1-2H3/b7-5+/t22-,25-. The van der Waals surface area contributed by atoms with Crippen LogP contribution in [0.2, 0.25) is 0 Å². The van der Waals surface area contributed by atoms with Gasteiger partial charge in [-0.3, -0.25) is 0 Å². The molecule has 2 aromatic rings. The summed E-state index contributed by atoms with van der Waals surface area (Å²) in [7, 11) is 0. The van der Waals surface area contributed by atoms with Crippen LogP contribution in [0.4, 0.5) is 0 Å². The van der Waals surface area contributed by atoms with Crippen molar-refractivity contribution in [3.05, 3.63) is 77.4 Å². The molecule has 1 saturated carbocycles. The Morgan fingerprint density at radius 2 is 1.63 bits per heavy atom. The summed E-state index contributed by atoms with van der Waals surface area (Å²) in [6.07, 6.45) is 10.6. The summed E-state index contributed by atoms with van der Waals surface area (Å²) in [4.78, 5) is 0. The van der Waals surface area contributed by atoms with Crippen LogP contribution in [0.5, 0.6) is 5.75 Å². The number of ether oxygens (including phenoxy) is 1. The van der Waals surface area contributed by atoms with Crippen LogP contribution < -0.4 is 4.74 Å². The summed E-state index contributed by atoms with van der Waals surface area (Å²) in [5, 5.41) is 0. The predicted molar refractivity (Wildman–Crippen MR) is 114 cm³/mol. The Morgan fingerprint density at radius 3 is 2.26 bits per heavy atom. The van der Waals surface area contributed by atoms with E-state index in [1.807, 2.05) is 37.3 Å². The second kappa shape index (κ2) is 10.0. The van der Waals surface area contributed by atoms with E-state index < -0.39 is 0 Å². The third-order valence-electron chi connectivity index (χ3n) is 5.46. The van der Waals surface area contributed by atoms with Crippen molar-refractivity contribution in [1.29, 1.82) is 0 Å². The molecule has 0 aromatic heterocycles. The van der Waals surface area contributed by atoms with Gasteiger partial charge < -0.3 is 4.74 Å². The number of hydrogen-bond acceptors (Lipinski definition) is 1. The molecule has 1 aliphatic rings. The van der Waals surface area contributed by atoms with Crippen molar-refractivity contribution in [1.82, 2.24) is 0 Å². The van der Waals surface area contributed by atoms with Crippen LogP contribution in [-0.4, -0.2) is 6.61 Å². The lowest BCUT2D eigenvalue weighted by atomic mass is 9.78. The average molecular weight is 359 g/mol. The quantitative estimate of drug-likeness (QED) is 0.552. The molecule has 0 bridgehead atoms. The fraction of sp³-hybridized carbons (Fsp3) is 0.385. The van der Waals surface area contributed by atoms with Gasteiger partial charge in [-0.2, -0.15) is 0 Å². The lowest BCUT2D eigenvalue weighted by molar-refractivity contribution is 0.340. The molecule has 1 heteroatoms. The third-order valence-corrected chi connectivity index (χ3v) is 5.46. The van der Waals surface area contributed by atoms with E-state index in [-0.39, 0.29) is 0 Å². The topological polar surface area (TPSA) is 9.23 Å². The summed E-state index contributed by atoms with van der Waals surface area (Å²) in [6.45, 7) is 4.90. The highest BCUT2D eigenvalue weighted by molar-refractivity contribution is 5.40. The van der Waals surface area contributed by atoms with Crippen LogP contribution in [0, 0.1) is 17.8 Å². The number of aryl methyl sites for hydroxylation is 1. The normalized spacial score (nSPS) is 19.5. The molecule has 3 rings (SSSR count). The fourth-order valence-corrected chi connectivity index (χ4v) is 3.78. The third kappa shape index (κ3) is 5.76. The first-order chi connectivity index (χ1) is 13.3. The van der Waals surface area contributed by atoms with Crippen molar-refractivity contribution >= 4 is 0 Å². The highest BCUT2D eigenvalue weighted by Gasteiger charge is 2.20. The van der Waals surface area contributed by atoms with Gasteiger partial charge in [-0.15, -0.1) is 0 Å². The van der Waals surface area contributed by atoms with Crippen molar-refractivity contribution in [2.75, 3.05) is 6.61 Å². The van der Waals surface area contributed by atoms with Gasteiger partial charge in [-0.1, -0.05) is 49.1 Å². The molecule has 0 heterocycles. The lowest BCUT2D eigenvalue weighted by Gasteiger charge is -2.27. The maximum absolute atomic E-state index is 5.46. The second-order valence-corrected chi connectivity index (χ2v) is 7.29. The minimum atomic E-state index is 0.672. The molecule has 0 unspecified atom stereocenters. The Morgan fingerprint density at radius 1 is 0.926 bits per heavy atom. The molecule has 2 aromatic carbocycles. The van der Waals surface area contributed by atoms with Gasteiger partial charge in [-0.05, 0) is 92.3 Å². The molecule has 140 valence electrons. The van der Waals surface area contributed by atoms with Crippen molar-refractivity contribution in [3.63, 3.8) is 0 Å². The summed E-state index contributed by atoms with van der Waals surface area (Å²) in [5.41, 5.74) is 3.98. The Labute approximate surface area is 164 Å². The van der Waals surface area contributed by atoms with Crippen molar-refractivity contribution in [3.8, 4) is 17.6 Å². The maximum Gasteiger partial charge on any atom is 0.119 e.